The Labute approximate surface area is 122 Å². The monoisotopic (exact) mass is 294 g/mol. The fourth-order valence-electron chi connectivity index (χ4n) is 1.42. The number of anilines is 1. The Morgan fingerprint density at radius 3 is 2.25 bits per heavy atom. The fourth-order valence-corrected chi connectivity index (χ4v) is 1.59. The number of benzene rings is 1. The third kappa shape index (κ3) is 4.58. The largest absolute Gasteiger partial charge is 0.348 e. The molecule has 0 spiro atoms. The summed E-state index contributed by atoms with van der Waals surface area (Å²) in [6, 6.07) is 8.72. The van der Waals surface area contributed by atoms with Crippen molar-refractivity contribution >= 4 is 34.7 Å². The highest BCUT2D eigenvalue weighted by molar-refractivity contribution is 8.13. The van der Waals surface area contributed by atoms with Crippen LogP contribution in [0.5, 0.6) is 0 Å². The Morgan fingerprint density at radius 1 is 1.15 bits per heavy atom. The lowest BCUT2D eigenvalue weighted by Crippen LogP contribution is -2.44. The van der Waals surface area contributed by atoms with Crippen molar-refractivity contribution < 1.29 is 9.59 Å². The van der Waals surface area contributed by atoms with E-state index in [2.05, 4.69) is 10.3 Å². The number of hydrogen-bond donors (Lipinski definition) is 1. The lowest BCUT2D eigenvalue weighted by atomic mass is 10.3. The molecule has 1 rings (SSSR count). The first-order valence-corrected chi connectivity index (χ1v) is 7.12. The molecule has 0 aromatic heterocycles. The van der Waals surface area contributed by atoms with Crippen LogP contribution < -0.4 is 5.32 Å². The molecular formula is C13H18N4O2S. The maximum Gasteiger partial charge on any atom is 0.328 e. The van der Waals surface area contributed by atoms with Gasteiger partial charge in [-0.2, -0.15) is 4.99 Å². The minimum absolute atomic E-state index is 0.276. The molecular weight excluding hydrogens is 276 g/mol. The number of amides is 3. The topological polar surface area (TPSA) is 65.0 Å². The van der Waals surface area contributed by atoms with E-state index in [0.29, 0.717) is 5.69 Å². The van der Waals surface area contributed by atoms with Crippen molar-refractivity contribution in [1.29, 1.82) is 0 Å². The first-order valence-electron chi connectivity index (χ1n) is 5.89. The molecule has 6 nitrogen and oxygen atoms in total. The molecule has 7 heteroatoms. The van der Waals surface area contributed by atoms with Crippen LogP contribution in [-0.4, -0.2) is 54.4 Å². The molecule has 0 unspecified atom stereocenters. The van der Waals surface area contributed by atoms with Gasteiger partial charge in [0.25, 0.3) is 0 Å². The third-order valence-corrected chi connectivity index (χ3v) is 2.84. The average Bonchev–Trinajstić information content (AvgIpc) is 2.44. The maximum atomic E-state index is 12.1. The first kappa shape index (κ1) is 16.0. The number of aliphatic imine (C=N–C) groups is 1. The summed E-state index contributed by atoms with van der Waals surface area (Å²) in [6.07, 6.45) is 1.64. The Bertz CT molecular complexity index is 502. The summed E-state index contributed by atoms with van der Waals surface area (Å²) < 4.78 is 0. The molecule has 3 amide bonds. The van der Waals surface area contributed by atoms with Gasteiger partial charge in [0.05, 0.1) is 0 Å². The van der Waals surface area contributed by atoms with Gasteiger partial charge in [0.2, 0.25) is 5.96 Å². The molecule has 1 N–H and O–H groups in total. The van der Waals surface area contributed by atoms with E-state index in [1.54, 1.807) is 44.4 Å². The number of thioether (sulfide) groups is 1. The van der Waals surface area contributed by atoms with Crippen molar-refractivity contribution in [2.75, 3.05) is 32.7 Å². The standard InChI is InChI=1S/C13H18N4O2S/c1-16(2)11(15-13(19)20-4)17(3)12(18)14-10-8-6-5-7-9-10/h5-9H,1-4H3,(H,14,18). The highest BCUT2D eigenvalue weighted by Gasteiger charge is 2.18. The minimum atomic E-state index is -0.363. The minimum Gasteiger partial charge on any atom is -0.348 e. The van der Waals surface area contributed by atoms with Gasteiger partial charge in [0.15, 0.2) is 0 Å². The van der Waals surface area contributed by atoms with E-state index >= 15 is 0 Å². The number of carbonyl (C=O) groups excluding carboxylic acids is 2. The van der Waals surface area contributed by atoms with Crippen LogP contribution in [0.3, 0.4) is 0 Å². The van der Waals surface area contributed by atoms with Crippen molar-refractivity contribution in [3.05, 3.63) is 30.3 Å². The van der Waals surface area contributed by atoms with Crippen molar-refractivity contribution in [3.8, 4) is 0 Å². The zero-order chi connectivity index (χ0) is 15.1. The van der Waals surface area contributed by atoms with E-state index in [4.69, 9.17) is 0 Å². The molecule has 108 valence electrons. The van der Waals surface area contributed by atoms with Gasteiger partial charge >= 0.3 is 11.3 Å². The third-order valence-electron chi connectivity index (χ3n) is 2.40. The van der Waals surface area contributed by atoms with E-state index in [-0.39, 0.29) is 17.2 Å². The predicted molar refractivity (Wildman–Crippen MR) is 83.3 cm³/mol. The molecule has 1 aromatic rings. The SMILES string of the molecule is CSC(=O)N=C(N(C)C)N(C)C(=O)Nc1ccccc1. The Balaban J connectivity index is 2.84. The lowest BCUT2D eigenvalue weighted by molar-refractivity contribution is 0.236. The quantitative estimate of drug-likeness (QED) is 0.638. The van der Waals surface area contributed by atoms with Gasteiger partial charge < -0.3 is 10.2 Å². The van der Waals surface area contributed by atoms with Crippen molar-refractivity contribution in [3.63, 3.8) is 0 Å². The second kappa shape index (κ2) is 7.54. The van der Waals surface area contributed by atoms with Crippen LogP contribution in [0.1, 0.15) is 0 Å². The lowest BCUT2D eigenvalue weighted by Gasteiger charge is -2.24. The summed E-state index contributed by atoms with van der Waals surface area (Å²) in [6.45, 7) is 0. The molecule has 0 atom stereocenters. The Kier molecular flexibility index (Phi) is 6.05. The van der Waals surface area contributed by atoms with Gasteiger partial charge in [-0.15, -0.1) is 0 Å². The molecule has 0 aliphatic heterocycles. The van der Waals surface area contributed by atoms with Gasteiger partial charge in [-0.1, -0.05) is 30.0 Å². The highest BCUT2D eigenvalue weighted by atomic mass is 32.2. The van der Waals surface area contributed by atoms with Gasteiger partial charge in [0, 0.05) is 26.8 Å². The van der Waals surface area contributed by atoms with Crippen LogP contribution in [0, 0.1) is 0 Å². The Morgan fingerprint density at radius 2 is 1.75 bits per heavy atom. The molecule has 0 radical (unpaired) electrons. The molecule has 0 aliphatic rings. The maximum absolute atomic E-state index is 12.1. The molecule has 1 aromatic carbocycles. The van der Waals surface area contributed by atoms with E-state index in [9.17, 15) is 9.59 Å². The van der Waals surface area contributed by atoms with Crippen LogP contribution in [0.4, 0.5) is 15.3 Å². The molecule has 0 saturated heterocycles. The summed E-state index contributed by atoms with van der Waals surface area (Å²) in [5, 5.41) is 2.38. The van der Waals surface area contributed by atoms with Gasteiger partial charge in [-0.05, 0) is 18.4 Å². The van der Waals surface area contributed by atoms with Crippen molar-refractivity contribution in [2.24, 2.45) is 4.99 Å². The van der Waals surface area contributed by atoms with Gasteiger partial charge in [-0.25, -0.2) is 4.79 Å². The average molecular weight is 294 g/mol. The van der Waals surface area contributed by atoms with E-state index in [1.807, 2.05) is 18.2 Å². The zero-order valence-electron chi connectivity index (χ0n) is 12.0. The summed E-state index contributed by atoms with van der Waals surface area (Å²) in [4.78, 5) is 30.3. The summed E-state index contributed by atoms with van der Waals surface area (Å²) in [7, 11) is 5.00. The van der Waals surface area contributed by atoms with Crippen LogP contribution in [0.15, 0.2) is 35.3 Å². The predicted octanol–water partition coefficient (Wildman–Crippen LogP) is 2.55. The summed E-state index contributed by atoms with van der Waals surface area (Å²) in [5.74, 6) is 0.276. The first-order chi connectivity index (χ1) is 9.45. The summed E-state index contributed by atoms with van der Waals surface area (Å²) in [5.41, 5.74) is 0.679. The number of nitrogens with zero attached hydrogens (tertiary/aromatic N) is 3. The fraction of sp³-hybridized carbons (Fsp3) is 0.308. The van der Waals surface area contributed by atoms with E-state index in [1.165, 1.54) is 4.90 Å². The molecule has 0 saturated carbocycles. The van der Waals surface area contributed by atoms with Crippen LogP contribution in [-0.2, 0) is 0 Å². The molecule has 0 fully saturated rings. The Hall–Kier alpha value is -2.02. The number of para-hydroxylation sites is 1. The second-order valence-corrected chi connectivity index (χ2v) is 4.89. The smallest absolute Gasteiger partial charge is 0.328 e. The number of rotatable bonds is 1. The molecule has 0 aliphatic carbocycles. The van der Waals surface area contributed by atoms with Crippen LogP contribution >= 0.6 is 11.8 Å². The van der Waals surface area contributed by atoms with Crippen molar-refractivity contribution in [2.45, 2.75) is 0 Å². The molecule has 20 heavy (non-hydrogen) atoms. The van der Waals surface area contributed by atoms with Crippen molar-refractivity contribution in [1.82, 2.24) is 9.80 Å². The number of guanidine groups is 1. The highest BCUT2D eigenvalue weighted by Crippen LogP contribution is 2.08. The number of nitrogens with one attached hydrogen (secondary N) is 1. The summed E-state index contributed by atoms with van der Waals surface area (Å²) >= 11 is 0.992. The van der Waals surface area contributed by atoms with Crippen LogP contribution in [0.25, 0.3) is 0 Å². The molecule has 0 bridgehead atoms. The zero-order valence-corrected chi connectivity index (χ0v) is 12.8. The number of hydrogen-bond acceptors (Lipinski definition) is 3. The number of carbonyl (C=O) groups is 2. The molecule has 0 heterocycles. The van der Waals surface area contributed by atoms with E-state index in [0.717, 1.165) is 11.8 Å². The van der Waals surface area contributed by atoms with Gasteiger partial charge in [0.1, 0.15) is 0 Å². The normalized spacial score (nSPS) is 10.9. The van der Waals surface area contributed by atoms with Crippen LogP contribution in [0.2, 0.25) is 0 Å². The second-order valence-electron chi connectivity index (χ2n) is 4.13. The van der Waals surface area contributed by atoms with E-state index < -0.39 is 0 Å². The van der Waals surface area contributed by atoms with Gasteiger partial charge in [-0.3, -0.25) is 9.69 Å². The number of urea groups is 1.